The summed E-state index contributed by atoms with van der Waals surface area (Å²) in [6, 6.07) is 1.92. The minimum atomic E-state index is 0.775. The topological polar surface area (TPSA) is 68.5 Å². The predicted molar refractivity (Wildman–Crippen MR) is 70.3 cm³/mol. The molecular weight excluding hydrogens is 228 g/mol. The highest BCUT2D eigenvalue weighted by molar-refractivity contribution is 5.55. The Morgan fingerprint density at radius 3 is 2.72 bits per heavy atom. The molecule has 6 nitrogen and oxygen atoms in total. The van der Waals surface area contributed by atoms with E-state index in [1.807, 2.05) is 31.5 Å². The quantitative estimate of drug-likeness (QED) is 0.870. The molecule has 0 aliphatic rings. The Morgan fingerprint density at radius 2 is 2.06 bits per heavy atom. The molecule has 0 spiro atoms. The summed E-state index contributed by atoms with van der Waals surface area (Å²) >= 11 is 0. The van der Waals surface area contributed by atoms with E-state index in [1.54, 1.807) is 6.33 Å². The summed E-state index contributed by atoms with van der Waals surface area (Å²) in [6.07, 6.45) is 2.35. The van der Waals surface area contributed by atoms with Crippen molar-refractivity contribution in [2.75, 3.05) is 11.9 Å². The number of nitrogens with one attached hydrogen (secondary N) is 1. The highest BCUT2D eigenvalue weighted by atomic mass is 15.3. The van der Waals surface area contributed by atoms with Crippen molar-refractivity contribution < 1.29 is 0 Å². The Hall–Kier alpha value is -1.98. The molecule has 18 heavy (non-hydrogen) atoms. The van der Waals surface area contributed by atoms with Crippen LogP contribution in [0.25, 0.3) is 11.5 Å². The summed E-state index contributed by atoms with van der Waals surface area (Å²) in [5, 5.41) is 7.38. The van der Waals surface area contributed by atoms with Crippen LogP contribution in [0.2, 0.25) is 0 Å². The van der Waals surface area contributed by atoms with Crippen LogP contribution in [0, 0.1) is 0 Å². The number of hydrogen-bond acceptors (Lipinski definition) is 5. The van der Waals surface area contributed by atoms with E-state index in [1.165, 1.54) is 0 Å². The van der Waals surface area contributed by atoms with Crippen molar-refractivity contribution >= 4 is 5.82 Å². The molecule has 0 aromatic carbocycles. The van der Waals surface area contributed by atoms with Gasteiger partial charge in [-0.3, -0.25) is 0 Å². The first-order chi connectivity index (χ1) is 8.78. The molecule has 0 amide bonds. The van der Waals surface area contributed by atoms with Crippen LogP contribution >= 0.6 is 0 Å². The average molecular weight is 246 g/mol. The minimum absolute atomic E-state index is 0.775. The highest BCUT2D eigenvalue weighted by Crippen LogP contribution is 2.17. The summed E-state index contributed by atoms with van der Waals surface area (Å²) in [4.78, 5) is 13.2. The largest absolute Gasteiger partial charge is 0.370 e. The molecule has 0 bridgehead atoms. The van der Waals surface area contributed by atoms with Crippen LogP contribution in [0.5, 0.6) is 0 Å². The first kappa shape index (κ1) is 12.5. The predicted octanol–water partition coefficient (Wildman–Crippen LogP) is 1.75. The van der Waals surface area contributed by atoms with Crippen molar-refractivity contribution in [1.82, 2.24) is 24.7 Å². The Balaban J connectivity index is 2.46. The number of aryl methyl sites for hydroxylation is 2. The van der Waals surface area contributed by atoms with E-state index < -0.39 is 0 Å². The van der Waals surface area contributed by atoms with E-state index in [2.05, 4.69) is 25.4 Å². The van der Waals surface area contributed by atoms with E-state index >= 15 is 0 Å². The lowest BCUT2D eigenvalue weighted by atomic mass is 10.3. The van der Waals surface area contributed by atoms with E-state index in [-0.39, 0.29) is 0 Å². The van der Waals surface area contributed by atoms with Crippen molar-refractivity contribution in [3.63, 3.8) is 0 Å². The van der Waals surface area contributed by atoms with Crippen LogP contribution in [0.4, 0.5) is 5.82 Å². The number of anilines is 1. The zero-order valence-electron chi connectivity index (χ0n) is 11.0. The lowest BCUT2D eigenvalue weighted by Crippen LogP contribution is -2.06. The van der Waals surface area contributed by atoms with Crippen LogP contribution in [-0.2, 0) is 13.0 Å². The fraction of sp³-hybridized carbons (Fsp3) is 0.500. The van der Waals surface area contributed by atoms with E-state index in [9.17, 15) is 0 Å². The SMILES string of the molecule is CCNc1cc(-c2ncnn2CC)nc(CC)n1. The number of aromatic nitrogens is 5. The normalized spacial score (nSPS) is 10.6. The van der Waals surface area contributed by atoms with Gasteiger partial charge in [0.05, 0.1) is 0 Å². The molecule has 0 aliphatic carbocycles. The molecule has 1 N–H and O–H groups in total. The molecule has 0 atom stereocenters. The molecule has 0 saturated heterocycles. The Kier molecular flexibility index (Phi) is 3.86. The summed E-state index contributed by atoms with van der Waals surface area (Å²) in [5.41, 5.74) is 0.817. The first-order valence-electron chi connectivity index (χ1n) is 6.28. The molecule has 2 rings (SSSR count). The summed E-state index contributed by atoms with van der Waals surface area (Å²) < 4.78 is 1.83. The van der Waals surface area contributed by atoms with Gasteiger partial charge in [-0.05, 0) is 13.8 Å². The second kappa shape index (κ2) is 5.57. The lowest BCUT2D eigenvalue weighted by molar-refractivity contribution is 0.663. The highest BCUT2D eigenvalue weighted by Gasteiger charge is 2.10. The molecule has 0 aliphatic heterocycles. The third-order valence-corrected chi connectivity index (χ3v) is 2.59. The van der Waals surface area contributed by atoms with Crippen molar-refractivity contribution in [2.24, 2.45) is 0 Å². The van der Waals surface area contributed by atoms with E-state index in [4.69, 9.17) is 0 Å². The second-order valence-electron chi connectivity index (χ2n) is 3.84. The van der Waals surface area contributed by atoms with Gasteiger partial charge in [-0.2, -0.15) is 5.10 Å². The Morgan fingerprint density at radius 1 is 1.22 bits per heavy atom. The van der Waals surface area contributed by atoms with Gasteiger partial charge in [0.2, 0.25) is 0 Å². The van der Waals surface area contributed by atoms with E-state index in [0.29, 0.717) is 0 Å². The molecular formula is C12H18N6. The third-order valence-electron chi connectivity index (χ3n) is 2.59. The van der Waals surface area contributed by atoms with Crippen LogP contribution in [0.15, 0.2) is 12.4 Å². The molecule has 96 valence electrons. The zero-order valence-corrected chi connectivity index (χ0v) is 11.0. The van der Waals surface area contributed by atoms with Gasteiger partial charge in [0, 0.05) is 25.6 Å². The van der Waals surface area contributed by atoms with Crippen LogP contribution in [0.3, 0.4) is 0 Å². The third kappa shape index (κ3) is 2.47. The van der Waals surface area contributed by atoms with Gasteiger partial charge >= 0.3 is 0 Å². The standard InChI is InChI=1S/C12H18N6/c1-4-10-16-9(7-11(17-10)13-5-2)12-14-8-15-18(12)6-3/h7-8H,4-6H2,1-3H3,(H,13,16,17). The van der Waals surface area contributed by atoms with Crippen molar-refractivity contribution in [3.05, 3.63) is 18.2 Å². The smallest absolute Gasteiger partial charge is 0.176 e. The van der Waals surface area contributed by atoms with Gasteiger partial charge in [-0.15, -0.1) is 0 Å². The molecule has 6 heteroatoms. The second-order valence-corrected chi connectivity index (χ2v) is 3.84. The molecule has 0 saturated carbocycles. The molecule has 2 aromatic heterocycles. The van der Waals surface area contributed by atoms with E-state index in [0.717, 1.165) is 42.7 Å². The fourth-order valence-corrected chi connectivity index (χ4v) is 1.74. The van der Waals surface area contributed by atoms with Crippen molar-refractivity contribution in [2.45, 2.75) is 33.7 Å². The minimum Gasteiger partial charge on any atom is -0.370 e. The lowest BCUT2D eigenvalue weighted by Gasteiger charge is -2.08. The van der Waals surface area contributed by atoms with Crippen molar-refractivity contribution in [1.29, 1.82) is 0 Å². The summed E-state index contributed by atoms with van der Waals surface area (Å²) in [5.74, 6) is 2.44. The number of hydrogen-bond donors (Lipinski definition) is 1. The van der Waals surface area contributed by atoms with Crippen LogP contribution in [0.1, 0.15) is 26.6 Å². The van der Waals surface area contributed by atoms with Gasteiger partial charge in [-0.1, -0.05) is 6.92 Å². The van der Waals surface area contributed by atoms with Crippen LogP contribution in [-0.4, -0.2) is 31.3 Å². The maximum Gasteiger partial charge on any atom is 0.176 e. The maximum atomic E-state index is 4.51. The molecule has 0 fully saturated rings. The van der Waals surface area contributed by atoms with Gasteiger partial charge in [0.1, 0.15) is 23.7 Å². The maximum absolute atomic E-state index is 4.51. The first-order valence-corrected chi connectivity index (χ1v) is 6.28. The molecule has 2 aromatic rings. The Labute approximate surface area is 106 Å². The van der Waals surface area contributed by atoms with Crippen molar-refractivity contribution in [3.8, 4) is 11.5 Å². The van der Waals surface area contributed by atoms with Gasteiger partial charge in [0.25, 0.3) is 0 Å². The van der Waals surface area contributed by atoms with Crippen LogP contribution < -0.4 is 5.32 Å². The van der Waals surface area contributed by atoms with Gasteiger partial charge in [-0.25, -0.2) is 19.6 Å². The van der Waals surface area contributed by atoms with Gasteiger partial charge in [0.15, 0.2) is 5.82 Å². The zero-order chi connectivity index (χ0) is 13.0. The summed E-state index contributed by atoms with van der Waals surface area (Å²) in [7, 11) is 0. The summed E-state index contributed by atoms with van der Waals surface area (Å²) in [6.45, 7) is 7.73. The Bertz CT molecular complexity index is 519. The average Bonchev–Trinajstić information content (AvgIpc) is 2.87. The molecule has 0 radical (unpaired) electrons. The molecule has 0 unspecified atom stereocenters. The number of rotatable bonds is 5. The molecule has 2 heterocycles. The van der Waals surface area contributed by atoms with Gasteiger partial charge < -0.3 is 5.32 Å². The monoisotopic (exact) mass is 246 g/mol. The fourth-order valence-electron chi connectivity index (χ4n) is 1.74. The number of nitrogens with zero attached hydrogens (tertiary/aromatic N) is 5.